The van der Waals surface area contributed by atoms with Crippen LogP contribution < -0.4 is 10.1 Å². The van der Waals surface area contributed by atoms with Gasteiger partial charge in [0.1, 0.15) is 10.6 Å². The predicted molar refractivity (Wildman–Crippen MR) is 120 cm³/mol. The van der Waals surface area contributed by atoms with Gasteiger partial charge in [-0.25, -0.2) is 8.42 Å². The van der Waals surface area contributed by atoms with Crippen LogP contribution in [-0.2, 0) is 16.4 Å². The molecule has 2 aliphatic rings. The Morgan fingerprint density at radius 1 is 1.16 bits per heavy atom. The summed E-state index contributed by atoms with van der Waals surface area (Å²) in [5, 5.41) is 3.73. The molecule has 0 saturated carbocycles. The maximum atomic E-state index is 13.4. The number of nitrogens with one attached hydrogen (secondary N) is 1. The summed E-state index contributed by atoms with van der Waals surface area (Å²) in [5.74, 6) is -0.0613. The van der Waals surface area contributed by atoms with Crippen LogP contribution in [0, 0.1) is 0 Å². The van der Waals surface area contributed by atoms with Crippen LogP contribution >= 0.6 is 11.6 Å². The Kier molecular flexibility index (Phi) is 6.28. The number of carbonyl (C=O) groups is 1. The highest BCUT2D eigenvalue weighted by molar-refractivity contribution is 7.89. The summed E-state index contributed by atoms with van der Waals surface area (Å²) in [4.78, 5) is 13.0. The van der Waals surface area contributed by atoms with Gasteiger partial charge in [0.2, 0.25) is 10.0 Å². The lowest BCUT2D eigenvalue weighted by molar-refractivity contribution is 0.0936. The van der Waals surface area contributed by atoms with Crippen LogP contribution in [0.3, 0.4) is 0 Å². The maximum Gasteiger partial charge on any atom is 0.251 e. The standard InChI is InChI=1S/C23H27ClN2O4S/c1-15-5-3-4-12-26(15)31(28,29)22-14-17(7-11-21(22)30-2)23(27)25-20-10-6-16-13-18(24)8-9-19(16)20/h7-9,11,13-15,20H,3-6,10,12H2,1-2H3,(H,25,27). The van der Waals surface area contributed by atoms with E-state index in [1.165, 1.54) is 17.5 Å². The highest BCUT2D eigenvalue weighted by Crippen LogP contribution is 2.34. The van der Waals surface area contributed by atoms with Gasteiger partial charge in [0.25, 0.3) is 5.91 Å². The molecule has 4 rings (SSSR count). The molecular formula is C23H27ClN2O4S. The minimum absolute atomic E-state index is 0.0370. The Labute approximate surface area is 188 Å². The third-order valence-electron chi connectivity index (χ3n) is 6.24. The number of halogens is 1. The second kappa shape index (κ2) is 8.81. The molecule has 0 spiro atoms. The molecule has 2 atom stereocenters. The molecule has 8 heteroatoms. The van der Waals surface area contributed by atoms with Crippen LogP contribution in [0.5, 0.6) is 5.75 Å². The van der Waals surface area contributed by atoms with Crippen LogP contribution in [0.1, 0.15) is 60.1 Å². The summed E-state index contributed by atoms with van der Waals surface area (Å²) >= 11 is 6.08. The normalized spacial score (nSPS) is 21.5. The first-order valence-corrected chi connectivity index (χ1v) is 12.4. The first-order chi connectivity index (χ1) is 14.8. The van der Waals surface area contributed by atoms with Crippen molar-refractivity contribution >= 4 is 27.5 Å². The number of rotatable bonds is 5. The molecule has 0 radical (unpaired) electrons. The van der Waals surface area contributed by atoms with Crippen molar-refractivity contribution < 1.29 is 17.9 Å². The van der Waals surface area contributed by atoms with E-state index in [-0.39, 0.29) is 28.6 Å². The topological polar surface area (TPSA) is 75.7 Å². The van der Waals surface area contributed by atoms with Gasteiger partial charge in [0, 0.05) is 23.2 Å². The van der Waals surface area contributed by atoms with Gasteiger partial charge in [0.05, 0.1) is 13.2 Å². The van der Waals surface area contributed by atoms with E-state index in [0.29, 0.717) is 17.1 Å². The third kappa shape index (κ3) is 4.31. The van der Waals surface area contributed by atoms with E-state index in [1.807, 2.05) is 25.1 Å². The van der Waals surface area contributed by atoms with Crippen LogP contribution in [0.15, 0.2) is 41.3 Å². The second-order valence-corrected chi connectivity index (χ2v) is 10.5. The predicted octanol–water partition coefficient (Wildman–Crippen LogP) is 4.33. The van der Waals surface area contributed by atoms with Gasteiger partial charge in [-0.2, -0.15) is 4.31 Å². The number of carbonyl (C=O) groups excluding carboxylic acids is 1. The molecule has 166 valence electrons. The fraction of sp³-hybridized carbons (Fsp3) is 0.435. The van der Waals surface area contributed by atoms with E-state index in [0.717, 1.165) is 43.2 Å². The van der Waals surface area contributed by atoms with Crippen molar-refractivity contribution in [2.75, 3.05) is 13.7 Å². The molecule has 1 fully saturated rings. The van der Waals surface area contributed by atoms with Crippen LogP contribution in [0.25, 0.3) is 0 Å². The quantitative estimate of drug-likeness (QED) is 0.717. The number of hydrogen-bond donors (Lipinski definition) is 1. The zero-order chi connectivity index (χ0) is 22.2. The van der Waals surface area contributed by atoms with Crippen LogP contribution in [0.2, 0.25) is 5.02 Å². The van der Waals surface area contributed by atoms with Crippen molar-refractivity contribution in [1.29, 1.82) is 0 Å². The van der Waals surface area contributed by atoms with Crippen molar-refractivity contribution in [2.45, 2.75) is 56.0 Å². The first-order valence-electron chi connectivity index (χ1n) is 10.6. The van der Waals surface area contributed by atoms with Crippen LogP contribution in [0.4, 0.5) is 0 Å². The fourth-order valence-electron chi connectivity index (χ4n) is 4.55. The molecular weight excluding hydrogens is 436 g/mol. The Hall–Kier alpha value is -2.09. The van der Waals surface area contributed by atoms with Crippen LogP contribution in [-0.4, -0.2) is 38.3 Å². The zero-order valence-electron chi connectivity index (χ0n) is 17.7. The Morgan fingerprint density at radius 2 is 1.97 bits per heavy atom. The number of methoxy groups -OCH3 is 1. The molecule has 1 saturated heterocycles. The minimum atomic E-state index is -3.78. The minimum Gasteiger partial charge on any atom is -0.495 e. The summed E-state index contributed by atoms with van der Waals surface area (Å²) in [7, 11) is -2.34. The summed E-state index contributed by atoms with van der Waals surface area (Å²) in [6, 6.07) is 10.1. The number of amides is 1. The van der Waals surface area contributed by atoms with Gasteiger partial charge in [-0.3, -0.25) is 4.79 Å². The number of aryl methyl sites for hydroxylation is 1. The van der Waals surface area contributed by atoms with E-state index >= 15 is 0 Å². The fourth-order valence-corrected chi connectivity index (χ4v) is 6.63. The average molecular weight is 463 g/mol. The molecule has 31 heavy (non-hydrogen) atoms. The summed E-state index contributed by atoms with van der Waals surface area (Å²) in [5.41, 5.74) is 2.49. The number of benzene rings is 2. The second-order valence-electron chi connectivity index (χ2n) is 8.23. The number of piperidine rings is 1. The number of hydrogen-bond acceptors (Lipinski definition) is 4. The highest BCUT2D eigenvalue weighted by Gasteiger charge is 2.34. The number of nitrogens with zero attached hydrogens (tertiary/aromatic N) is 1. The Bertz CT molecular complexity index is 1100. The number of fused-ring (bicyclic) bond motifs is 1. The van der Waals surface area contributed by atoms with Gasteiger partial charge in [-0.15, -0.1) is 0 Å². The number of ether oxygens (including phenoxy) is 1. The van der Waals surface area contributed by atoms with Crippen molar-refractivity contribution in [3.8, 4) is 5.75 Å². The van der Waals surface area contributed by atoms with Crippen molar-refractivity contribution in [3.63, 3.8) is 0 Å². The van der Waals surface area contributed by atoms with Crippen molar-refractivity contribution in [3.05, 3.63) is 58.1 Å². The molecule has 6 nitrogen and oxygen atoms in total. The molecule has 1 aliphatic carbocycles. The lowest BCUT2D eigenvalue weighted by Gasteiger charge is -2.32. The van der Waals surface area contributed by atoms with Crippen molar-refractivity contribution in [1.82, 2.24) is 9.62 Å². The van der Waals surface area contributed by atoms with Gasteiger partial charge in [0.15, 0.2) is 0 Å². The summed E-state index contributed by atoms with van der Waals surface area (Å²) in [6.07, 6.45) is 4.30. The van der Waals surface area contributed by atoms with E-state index in [2.05, 4.69) is 5.32 Å². The molecule has 0 bridgehead atoms. The number of sulfonamides is 1. The van der Waals surface area contributed by atoms with E-state index < -0.39 is 10.0 Å². The maximum absolute atomic E-state index is 13.4. The molecule has 2 unspecified atom stereocenters. The molecule has 0 aromatic heterocycles. The first kappa shape index (κ1) is 22.1. The Balaban J connectivity index is 1.61. The van der Waals surface area contributed by atoms with Gasteiger partial charge in [-0.1, -0.05) is 24.1 Å². The van der Waals surface area contributed by atoms with E-state index in [1.54, 1.807) is 12.1 Å². The molecule has 1 N–H and O–H groups in total. The molecule has 2 aromatic carbocycles. The monoisotopic (exact) mass is 462 g/mol. The van der Waals surface area contributed by atoms with Gasteiger partial charge < -0.3 is 10.1 Å². The van der Waals surface area contributed by atoms with Gasteiger partial charge >= 0.3 is 0 Å². The highest BCUT2D eigenvalue weighted by atomic mass is 35.5. The third-order valence-corrected chi connectivity index (χ3v) is 8.51. The lowest BCUT2D eigenvalue weighted by Crippen LogP contribution is -2.42. The lowest BCUT2D eigenvalue weighted by atomic mass is 10.1. The van der Waals surface area contributed by atoms with E-state index in [4.69, 9.17) is 16.3 Å². The smallest absolute Gasteiger partial charge is 0.251 e. The largest absolute Gasteiger partial charge is 0.495 e. The summed E-state index contributed by atoms with van der Waals surface area (Å²) < 4.78 is 33.6. The zero-order valence-corrected chi connectivity index (χ0v) is 19.3. The van der Waals surface area contributed by atoms with Gasteiger partial charge in [-0.05, 0) is 74.1 Å². The SMILES string of the molecule is COc1ccc(C(=O)NC2CCc3cc(Cl)ccc32)cc1S(=O)(=O)N1CCCCC1C. The van der Waals surface area contributed by atoms with E-state index in [9.17, 15) is 13.2 Å². The Morgan fingerprint density at radius 3 is 2.71 bits per heavy atom. The molecule has 1 aliphatic heterocycles. The molecule has 1 amide bonds. The summed E-state index contributed by atoms with van der Waals surface area (Å²) in [6.45, 7) is 2.40. The average Bonchev–Trinajstić information content (AvgIpc) is 3.15. The molecule has 1 heterocycles. The molecule has 2 aromatic rings. The van der Waals surface area contributed by atoms with Crippen molar-refractivity contribution in [2.24, 2.45) is 0 Å².